The van der Waals surface area contributed by atoms with Crippen LogP contribution in [0.25, 0.3) is 0 Å². The first-order valence-electron chi connectivity index (χ1n) is 5.95. The molecule has 0 aromatic carbocycles. The lowest BCUT2D eigenvalue weighted by Crippen LogP contribution is -2.22. The Bertz CT molecular complexity index is 353. The van der Waals surface area contributed by atoms with Gasteiger partial charge >= 0.3 is 0 Å². The molecule has 1 N–H and O–H groups in total. The third-order valence-electron chi connectivity index (χ3n) is 3.16. The van der Waals surface area contributed by atoms with Crippen molar-refractivity contribution in [2.75, 3.05) is 27.4 Å². The second-order valence-corrected chi connectivity index (χ2v) is 4.26. The van der Waals surface area contributed by atoms with Crippen LogP contribution in [0.5, 0.6) is 5.88 Å². The van der Waals surface area contributed by atoms with Gasteiger partial charge in [0, 0.05) is 25.6 Å². The monoisotopic (exact) mass is 237 g/mol. The van der Waals surface area contributed by atoms with E-state index in [4.69, 9.17) is 9.47 Å². The molecule has 5 nitrogen and oxygen atoms in total. The number of rotatable bonds is 5. The first-order chi connectivity index (χ1) is 8.35. The van der Waals surface area contributed by atoms with Crippen LogP contribution >= 0.6 is 0 Å². The van der Waals surface area contributed by atoms with Gasteiger partial charge < -0.3 is 14.8 Å². The first-order valence-corrected chi connectivity index (χ1v) is 5.95. The van der Waals surface area contributed by atoms with Crippen LogP contribution in [0.3, 0.4) is 0 Å². The van der Waals surface area contributed by atoms with Gasteiger partial charge in [-0.1, -0.05) is 0 Å². The van der Waals surface area contributed by atoms with Gasteiger partial charge in [0.2, 0.25) is 5.88 Å². The Labute approximate surface area is 102 Å². The number of aromatic nitrogens is 2. The van der Waals surface area contributed by atoms with Crippen LogP contribution in [0.15, 0.2) is 12.4 Å². The quantitative estimate of drug-likeness (QED) is 0.833. The molecule has 1 aromatic heterocycles. The SMILES string of the molecule is CNC(CC1CCOC1)c1nccnc1OC. The predicted octanol–water partition coefficient (Wildman–Crippen LogP) is 1.17. The van der Waals surface area contributed by atoms with Crippen LogP contribution in [0.1, 0.15) is 24.6 Å². The molecule has 0 amide bonds. The summed E-state index contributed by atoms with van der Waals surface area (Å²) in [4.78, 5) is 8.56. The van der Waals surface area contributed by atoms with Crippen molar-refractivity contribution in [2.45, 2.75) is 18.9 Å². The number of nitrogens with zero attached hydrogens (tertiary/aromatic N) is 2. The molecule has 17 heavy (non-hydrogen) atoms. The van der Waals surface area contributed by atoms with Crippen molar-refractivity contribution in [2.24, 2.45) is 5.92 Å². The fraction of sp³-hybridized carbons (Fsp3) is 0.667. The van der Waals surface area contributed by atoms with Crippen molar-refractivity contribution in [1.82, 2.24) is 15.3 Å². The van der Waals surface area contributed by atoms with Crippen LogP contribution in [-0.2, 0) is 4.74 Å². The molecule has 0 spiro atoms. The Morgan fingerprint density at radius 1 is 1.53 bits per heavy atom. The molecule has 2 unspecified atom stereocenters. The zero-order chi connectivity index (χ0) is 12.1. The fourth-order valence-corrected chi connectivity index (χ4v) is 2.20. The highest BCUT2D eigenvalue weighted by Gasteiger charge is 2.24. The minimum atomic E-state index is 0.172. The van der Waals surface area contributed by atoms with Crippen LogP contribution in [0, 0.1) is 5.92 Å². The average Bonchev–Trinajstić information content (AvgIpc) is 2.89. The van der Waals surface area contributed by atoms with E-state index in [1.165, 1.54) is 0 Å². The summed E-state index contributed by atoms with van der Waals surface area (Å²) >= 11 is 0. The molecule has 0 bridgehead atoms. The van der Waals surface area contributed by atoms with Crippen LogP contribution in [0.4, 0.5) is 0 Å². The van der Waals surface area contributed by atoms with Crippen molar-refractivity contribution in [3.63, 3.8) is 0 Å². The minimum absolute atomic E-state index is 0.172. The molecule has 2 rings (SSSR count). The highest BCUT2D eigenvalue weighted by Crippen LogP contribution is 2.28. The van der Waals surface area contributed by atoms with Gasteiger partial charge in [-0.05, 0) is 25.8 Å². The molecular formula is C12H19N3O2. The summed E-state index contributed by atoms with van der Waals surface area (Å²) in [5, 5.41) is 3.28. The van der Waals surface area contributed by atoms with Gasteiger partial charge in [-0.25, -0.2) is 4.98 Å². The fourth-order valence-electron chi connectivity index (χ4n) is 2.20. The van der Waals surface area contributed by atoms with E-state index < -0.39 is 0 Å². The summed E-state index contributed by atoms with van der Waals surface area (Å²) in [6.45, 7) is 1.72. The first kappa shape index (κ1) is 12.3. The Balaban J connectivity index is 2.10. The molecule has 0 saturated carbocycles. The van der Waals surface area contributed by atoms with E-state index in [1.807, 2.05) is 7.05 Å². The molecule has 0 radical (unpaired) electrons. The van der Waals surface area contributed by atoms with E-state index in [2.05, 4.69) is 15.3 Å². The Morgan fingerprint density at radius 2 is 2.35 bits per heavy atom. The Hall–Kier alpha value is -1.20. The molecule has 1 aromatic rings. The summed E-state index contributed by atoms with van der Waals surface area (Å²) in [6, 6.07) is 0.172. The van der Waals surface area contributed by atoms with Crippen molar-refractivity contribution in [3.05, 3.63) is 18.1 Å². The lowest BCUT2D eigenvalue weighted by molar-refractivity contribution is 0.181. The van der Waals surface area contributed by atoms with Gasteiger partial charge in [-0.15, -0.1) is 0 Å². The average molecular weight is 237 g/mol. The molecule has 94 valence electrons. The maximum Gasteiger partial charge on any atom is 0.236 e. The summed E-state index contributed by atoms with van der Waals surface area (Å²) in [5.41, 5.74) is 0.879. The zero-order valence-corrected chi connectivity index (χ0v) is 10.3. The molecule has 2 heterocycles. The van der Waals surface area contributed by atoms with Gasteiger partial charge in [0.25, 0.3) is 0 Å². The van der Waals surface area contributed by atoms with E-state index in [-0.39, 0.29) is 6.04 Å². The van der Waals surface area contributed by atoms with Crippen LogP contribution < -0.4 is 10.1 Å². The zero-order valence-electron chi connectivity index (χ0n) is 10.3. The van der Waals surface area contributed by atoms with Crippen LogP contribution in [0.2, 0.25) is 0 Å². The van der Waals surface area contributed by atoms with E-state index in [0.29, 0.717) is 11.8 Å². The van der Waals surface area contributed by atoms with E-state index in [9.17, 15) is 0 Å². The van der Waals surface area contributed by atoms with Gasteiger partial charge in [-0.3, -0.25) is 4.98 Å². The lowest BCUT2D eigenvalue weighted by Gasteiger charge is -2.19. The maximum atomic E-state index is 5.40. The number of hydrogen-bond donors (Lipinski definition) is 1. The van der Waals surface area contributed by atoms with E-state index in [1.54, 1.807) is 19.5 Å². The van der Waals surface area contributed by atoms with Crippen molar-refractivity contribution in [3.8, 4) is 5.88 Å². The predicted molar refractivity (Wildman–Crippen MR) is 63.9 cm³/mol. The molecule has 2 atom stereocenters. The molecule has 1 aliphatic heterocycles. The highest BCUT2D eigenvalue weighted by atomic mass is 16.5. The van der Waals surface area contributed by atoms with Gasteiger partial charge in [0.15, 0.2) is 0 Å². The molecule has 1 saturated heterocycles. The summed E-state index contributed by atoms with van der Waals surface area (Å²) in [5.74, 6) is 1.20. The van der Waals surface area contributed by atoms with Gasteiger partial charge in [-0.2, -0.15) is 0 Å². The van der Waals surface area contributed by atoms with E-state index >= 15 is 0 Å². The van der Waals surface area contributed by atoms with Crippen LogP contribution in [-0.4, -0.2) is 37.3 Å². The van der Waals surface area contributed by atoms with Crippen molar-refractivity contribution >= 4 is 0 Å². The largest absolute Gasteiger partial charge is 0.480 e. The third kappa shape index (κ3) is 2.92. The standard InChI is InChI=1S/C12H19N3O2/c1-13-10(7-9-3-6-17-8-9)11-12(16-2)15-5-4-14-11/h4-5,9-10,13H,3,6-8H2,1-2H3. The second kappa shape index (κ2) is 5.93. The molecule has 1 aliphatic rings. The second-order valence-electron chi connectivity index (χ2n) is 4.26. The number of methoxy groups -OCH3 is 1. The summed E-state index contributed by atoms with van der Waals surface area (Å²) in [7, 11) is 3.56. The highest BCUT2D eigenvalue weighted by molar-refractivity contribution is 5.21. The number of hydrogen-bond acceptors (Lipinski definition) is 5. The lowest BCUT2D eigenvalue weighted by atomic mass is 9.97. The maximum absolute atomic E-state index is 5.40. The minimum Gasteiger partial charge on any atom is -0.480 e. The molecule has 0 aliphatic carbocycles. The molecule has 1 fully saturated rings. The Kier molecular flexibility index (Phi) is 4.28. The van der Waals surface area contributed by atoms with Crippen molar-refractivity contribution in [1.29, 1.82) is 0 Å². The third-order valence-corrected chi connectivity index (χ3v) is 3.16. The van der Waals surface area contributed by atoms with E-state index in [0.717, 1.165) is 31.7 Å². The summed E-state index contributed by atoms with van der Waals surface area (Å²) in [6.07, 6.45) is 5.48. The number of nitrogens with one attached hydrogen (secondary N) is 1. The smallest absolute Gasteiger partial charge is 0.236 e. The van der Waals surface area contributed by atoms with Gasteiger partial charge in [0.1, 0.15) is 5.69 Å². The normalized spacial score (nSPS) is 21.4. The summed E-state index contributed by atoms with van der Waals surface area (Å²) < 4.78 is 10.6. The van der Waals surface area contributed by atoms with Gasteiger partial charge in [0.05, 0.1) is 13.2 Å². The molecule has 5 heteroatoms. The Morgan fingerprint density at radius 3 is 3.00 bits per heavy atom. The topological polar surface area (TPSA) is 56.3 Å². The van der Waals surface area contributed by atoms with Crippen molar-refractivity contribution < 1.29 is 9.47 Å². The molecular weight excluding hydrogens is 218 g/mol. The number of ether oxygens (including phenoxy) is 2.